The molecular weight excluding hydrogens is 613 g/mol. The summed E-state index contributed by atoms with van der Waals surface area (Å²) in [5.74, 6) is 1.58. The van der Waals surface area contributed by atoms with E-state index in [4.69, 9.17) is 14.7 Å². The van der Waals surface area contributed by atoms with Gasteiger partial charge in [-0.3, -0.25) is 14.6 Å². The Morgan fingerprint density at radius 2 is 1.81 bits per heavy atom. The minimum Gasteiger partial charge on any atom is -0.494 e. The number of hydrogen-bond donors (Lipinski definition) is 3. The number of rotatable bonds is 9. The van der Waals surface area contributed by atoms with Crippen molar-refractivity contribution in [2.75, 3.05) is 69.2 Å². The van der Waals surface area contributed by atoms with Crippen molar-refractivity contribution in [1.82, 2.24) is 39.6 Å². The Morgan fingerprint density at radius 3 is 2.55 bits per heavy atom. The van der Waals surface area contributed by atoms with Gasteiger partial charge in [-0.25, -0.2) is 0 Å². The molecule has 7 rings (SSSR count). The van der Waals surface area contributed by atoms with E-state index < -0.39 is 7.14 Å². The number of aryl methyl sites for hydroxylation is 1. The van der Waals surface area contributed by atoms with Crippen LogP contribution < -0.4 is 25.6 Å². The first kappa shape index (κ1) is 30.6. The van der Waals surface area contributed by atoms with Crippen molar-refractivity contribution >= 4 is 63.3 Å². The number of H-pyrrole nitrogens is 1. The van der Waals surface area contributed by atoms with Crippen LogP contribution in [0, 0.1) is 0 Å². The van der Waals surface area contributed by atoms with E-state index in [0.29, 0.717) is 45.2 Å². The van der Waals surface area contributed by atoms with Crippen LogP contribution in [0.2, 0.25) is 0 Å². The zero-order chi connectivity index (χ0) is 32.7. The maximum Gasteiger partial charge on any atom is 0.231 e. The highest BCUT2D eigenvalue weighted by atomic mass is 31.2. The van der Waals surface area contributed by atoms with Crippen molar-refractivity contribution < 1.29 is 9.30 Å². The highest BCUT2D eigenvalue weighted by Crippen LogP contribution is 2.43. The summed E-state index contributed by atoms with van der Waals surface area (Å²) in [5.41, 5.74) is 6.45. The lowest BCUT2D eigenvalue weighted by Gasteiger charge is -2.35. The molecule has 14 heteroatoms. The Labute approximate surface area is 272 Å². The van der Waals surface area contributed by atoms with Crippen molar-refractivity contribution in [3.8, 4) is 16.9 Å². The molecule has 47 heavy (non-hydrogen) atoms. The van der Waals surface area contributed by atoms with Crippen LogP contribution in [0.3, 0.4) is 0 Å². The summed E-state index contributed by atoms with van der Waals surface area (Å²) in [5, 5.41) is 12.9. The van der Waals surface area contributed by atoms with Gasteiger partial charge < -0.3 is 34.7 Å². The number of aromatic nitrogens is 7. The second-order valence-corrected chi connectivity index (χ2v) is 15.2. The molecule has 5 heterocycles. The maximum absolute atomic E-state index is 13.6. The quantitative estimate of drug-likeness (QED) is 0.176. The minimum atomic E-state index is -2.78. The lowest BCUT2D eigenvalue weighted by atomic mass is 10.0. The number of aromatic amines is 1. The van der Waals surface area contributed by atoms with Gasteiger partial charge in [-0.1, -0.05) is 0 Å². The molecular formula is C33H38N11O2P. The normalized spacial score (nSPS) is 14.2. The Hall–Kier alpha value is -5.00. The predicted molar refractivity (Wildman–Crippen MR) is 189 cm³/mol. The number of methoxy groups -OCH3 is 1. The van der Waals surface area contributed by atoms with Gasteiger partial charge >= 0.3 is 0 Å². The SMILES string of the molecule is CCn1cc(-c2cc(Nc3nc(Nc4ccc5nccnc5c4P(C)(C)=O)c4cc[nH]c4n3)c(OC)cc2N2CCN(C)CC2)cn1. The molecule has 0 amide bonds. The van der Waals surface area contributed by atoms with Gasteiger partial charge in [0.1, 0.15) is 29.9 Å². The summed E-state index contributed by atoms with van der Waals surface area (Å²) >= 11 is 0. The molecule has 0 unspecified atom stereocenters. The van der Waals surface area contributed by atoms with Gasteiger partial charge in [0.25, 0.3) is 0 Å². The van der Waals surface area contributed by atoms with Gasteiger partial charge in [-0.15, -0.1) is 0 Å². The summed E-state index contributed by atoms with van der Waals surface area (Å²) in [6.07, 6.45) is 9.05. The summed E-state index contributed by atoms with van der Waals surface area (Å²) in [6, 6.07) is 9.83. The fourth-order valence-corrected chi connectivity index (χ4v) is 7.45. The van der Waals surface area contributed by atoms with E-state index in [1.807, 2.05) is 35.3 Å². The number of hydrogen-bond acceptors (Lipinski definition) is 11. The number of likely N-dealkylation sites (N-methyl/N-ethyl adjacent to an activating group) is 1. The highest BCUT2D eigenvalue weighted by Gasteiger charge is 2.24. The minimum absolute atomic E-state index is 0.363. The van der Waals surface area contributed by atoms with E-state index >= 15 is 0 Å². The number of fused-ring (bicyclic) bond motifs is 2. The topological polar surface area (TPSA) is 142 Å². The third-order valence-electron chi connectivity index (χ3n) is 8.50. The zero-order valence-corrected chi connectivity index (χ0v) is 28.0. The molecule has 2 aromatic carbocycles. The van der Waals surface area contributed by atoms with Crippen LogP contribution in [0.25, 0.3) is 33.2 Å². The van der Waals surface area contributed by atoms with Gasteiger partial charge in [-0.2, -0.15) is 15.1 Å². The first-order valence-electron chi connectivity index (χ1n) is 15.6. The fourth-order valence-electron chi connectivity index (χ4n) is 6.06. The molecule has 6 aromatic rings. The first-order valence-corrected chi connectivity index (χ1v) is 18.2. The van der Waals surface area contributed by atoms with Gasteiger partial charge in [-0.05, 0) is 51.6 Å². The van der Waals surface area contributed by atoms with E-state index in [1.54, 1.807) is 32.8 Å². The molecule has 0 bridgehead atoms. The molecule has 0 atom stereocenters. The third kappa shape index (κ3) is 5.99. The number of benzene rings is 2. The Bertz CT molecular complexity index is 2130. The monoisotopic (exact) mass is 651 g/mol. The van der Waals surface area contributed by atoms with Crippen LogP contribution in [-0.4, -0.2) is 93.3 Å². The molecule has 242 valence electrons. The van der Waals surface area contributed by atoms with E-state index in [0.717, 1.165) is 60.6 Å². The standard InChI is InChI=1S/C33H38N11O2P/c1-6-44-20-21(19-37-44)23-17-26(28(46-3)18-27(23)43-15-13-42(2)14-16-43)39-33-40-31-22(9-10-36-31)32(41-33)38-25-8-7-24-29(35-12-11-34-24)30(25)47(4,5)45/h7-12,17-20H,6,13-16H2,1-5H3,(H3,36,38,39,40,41). The van der Waals surface area contributed by atoms with E-state index in [2.05, 4.69) is 72.8 Å². The summed E-state index contributed by atoms with van der Waals surface area (Å²) in [4.78, 5) is 26.6. The van der Waals surface area contributed by atoms with E-state index in [1.165, 1.54) is 0 Å². The molecule has 1 saturated heterocycles. The molecule has 1 aliphatic rings. The second-order valence-electron chi connectivity index (χ2n) is 12.1. The highest BCUT2D eigenvalue weighted by molar-refractivity contribution is 7.71. The number of nitrogens with zero attached hydrogens (tertiary/aromatic N) is 8. The van der Waals surface area contributed by atoms with Crippen molar-refractivity contribution in [3.63, 3.8) is 0 Å². The molecule has 13 nitrogen and oxygen atoms in total. The Kier molecular flexibility index (Phi) is 8.03. The Morgan fingerprint density at radius 1 is 1.00 bits per heavy atom. The van der Waals surface area contributed by atoms with Crippen LogP contribution in [0.1, 0.15) is 6.92 Å². The van der Waals surface area contributed by atoms with Crippen molar-refractivity contribution in [3.05, 3.63) is 61.3 Å². The van der Waals surface area contributed by atoms with Crippen molar-refractivity contribution in [2.45, 2.75) is 13.5 Å². The van der Waals surface area contributed by atoms with Gasteiger partial charge in [0.2, 0.25) is 5.95 Å². The average Bonchev–Trinajstić information content (AvgIpc) is 3.75. The van der Waals surface area contributed by atoms with Crippen molar-refractivity contribution in [1.29, 1.82) is 0 Å². The lowest BCUT2D eigenvalue weighted by molar-refractivity contribution is 0.313. The molecule has 1 fully saturated rings. The number of anilines is 5. The van der Waals surface area contributed by atoms with Crippen LogP contribution >= 0.6 is 7.14 Å². The van der Waals surface area contributed by atoms with Gasteiger partial charge in [0.15, 0.2) is 0 Å². The molecule has 4 aromatic heterocycles. The van der Waals surface area contributed by atoms with Crippen LogP contribution in [-0.2, 0) is 11.1 Å². The molecule has 0 radical (unpaired) electrons. The summed E-state index contributed by atoms with van der Waals surface area (Å²) < 4.78 is 21.4. The van der Waals surface area contributed by atoms with Crippen LogP contribution in [0.4, 0.5) is 28.8 Å². The first-order chi connectivity index (χ1) is 22.7. The predicted octanol–water partition coefficient (Wildman–Crippen LogP) is 5.28. The number of piperazine rings is 1. The fraction of sp³-hybridized carbons (Fsp3) is 0.303. The van der Waals surface area contributed by atoms with Crippen LogP contribution in [0.5, 0.6) is 5.75 Å². The largest absolute Gasteiger partial charge is 0.494 e. The zero-order valence-electron chi connectivity index (χ0n) is 27.2. The summed E-state index contributed by atoms with van der Waals surface area (Å²) in [7, 11) is 1.04. The van der Waals surface area contributed by atoms with E-state index in [-0.39, 0.29) is 0 Å². The second kappa shape index (κ2) is 12.3. The van der Waals surface area contributed by atoms with Gasteiger partial charge in [0, 0.05) is 80.4 Å². The molecule has 0 saturated carbocycles. The average molecular weight is 652 g/mol. The lowest BCUT2D eigenvalue weighted by Crippen LogP contribution is -2.44. The van der Waals surface area contributed by atoms with Crippen molar-refractivity contribution in [2.24, 2.45) is 0 Å². The van der Waals surface area contributed by atoms with E-state index in [9.17, 15) is 4.57 Å². The smallest absolute Gasteiger partial charge is 0.231 e. The number of nitrogens with one attached hydrogen (secondary N) is 3. The maximum atomic E-state index is 13.6. The third-order valence-corrected chi connectivity index (χ3v) is 10.0. The van der Waals surface area contributed by atoms with Crippen LogP contribution in [0.15, 0.2) is 61.3 Å². The Balaban J connectivity index is 1.31. The molecule has 0 aliphatic carbocycles. The number of ether oxygens (including phenoxy) is 1. The molecule has 0 spiro atoms. The summed E-state index contributed by atoms with van der Waals surface area (Å²) in [6.45, 7) is 10.1. The molecule has 1 aliphatic heterocycles. The van der Waals surface area contributed by atoms with Gasteiger partial charge in [0.05, 0.1) is 40.9 Å². The molecule has 3 N–H and O–H groups in total.